The maximum Gasteiger partial charge on any atom is 0.135 e. The SMILES string of the molecule is CN1[CH-]N(c2[c-]c(Oc3[c-]c4c(cc3)c3ccccc3n4-c3cc(C(C)(C)C)ccn3)cc(C(C)(C)C)c2)c2cc3c4ccccc4n(C)c3cc21.[Pt]. The average Bonchev–Trinajstić information content (AvgIpc) is 3.73. The number of rotatable bonds is 4. The zero-order valence-electron chi connectivity index (χ0n) is 31.4. The fourth-order valence-electron chi connectivity index (χ4n) is 7.59. The zero-order chi connectivity index (χ0) is 36.1. The summed E-state index contributed by atoms with van der Waals surface area (Å²) in [6.07, 6.45) is 1.90. The third-order valence-corrected chi connectivity index (χ3v) is 10.5. The Bertz CT molecular complexity index is 2710. The van der Waals surface area contributed by atoms with Gasteiger partial charge < -0.3 is 23.7 Å². The van der Waals surface area contributed by atoms with Gasteiger partial charge in [-0.2, -0.15) is 12.7 Å². The fraction of sp³-hybridized carbons (Fsp3) is 0.217. The van der Waals surface area contributed by atoms with E-state index in [1.165, 1.54) is 27.4 Å². The molecule has 0 atom stereocenters. The van der Waals surface area contributed by atoms with E-state index in [1.54, 1.807) is 0 Å². The summed E-state index contributed by atoms with van der Waals surface area (Å²) in [5.74, 6) is 2.13. The van der Waals surface area contributed by atoms with Crippen molar-refractivity contribution in [2.45, 2.75) is 52.4 Å². The summed E-state index contributed by atoms with van der Waals surface area (Å²) in [7, 11) is 4.25. The van der Waals surface area contributed by atoms with Crippen LogP contribution in [-0.2, 0) is 38.9 Å². The molecular weight excluding hydrogens is 834 g/mol. The summed E-state index contributed by atoms with van der Waals surface area (Å²) >= 11 is 0. The summed E-state index contributed by atoms with van der Waals surface area (Å²) in [6.45, 7) is 15.5. The van der Waals surface area contributed by atoms with E-state index in [0.717, 1.165) is 50.2 Å². The molecule has 0 amide bonds. The van der Waals surface area contributed by atoms with Crippen LogP contribution >= 0.6 is 0 Å². The minimum atomic E-state index is -0.125. The fourth-order valence-corrected chi connectivity index (χ4v) is 7.59. The predicted octanol–water partition coefficient (Wildman–Crippen LogP) is 11.5. The third-order valence-electron chi connectivity index (χ3n) is 10.5. The second-order valence-corrected chi connectivity index (χ2v) is 16.1. The van der Waals surface area contributed by atoms with E-state index >= 15 is 0 Å². The van der Waals surface area contributed by atoms with Gasteiger partial charge in [0.1, 0.15) is 5.82 Å². The molecule has 5 aromatic carbocycles. The molecule has 0 aliphatic carbocycles. The van der Waals surface area contributed by atoms with Gasteiger partial charge in [0.15, 0.2) is 0 Å². The van der Waals surface area contributed by atoms with E-state index in [0.29, 0.717) is 11.5 Å². The summed E-state index contributed by atoms with van der Waals surface area (Å²) in [6, 6.07) is 41.8. The minimum absolute atomic E-state index is 0. The summed E-state index contributed by atoms with van der Waals surface area (Å²) < 4.78 is 11.2. The number of nitrogens with zero attached hydrogens (tertiary/aromatic N) is 5. The van der Waals surface area contributed by atoms with Gasteiger partial charge >= 0.3 is 0 Å². The van der Waals surface area contributed by atoms with Crippen molar-refractivity contribution in [2.75, 3.05) is 16.8 Å². The maximum atomic E-state index is 6.73. The maximum absolute atomic E-state index is 6.73. The molecule has 4 heterocycles. The molecule has 0 N–H and O–H groups in total. The standard InChI is InChI=1S/C46H42N5O.Pt/c1-45(2,3)29-19-20-47-44(23-29)51-39-16-12-10-13-34(39)36-18-17-32(25-41(36)51)52-33-22-30(46(4,5)6)21-31(24-33)50-28-48(7)42-27-40-37(26-43(42)50)35-14-9-11-15-38(35)49(40)8;/h9-23,26-28H,1-8H3;/q-3;. The van der Waals surface area contributed by atoms with Crippen molar-refractivity contribution < 1.29 is 25.8 Å². The molecule has 1 aliphatic rings. The molecule has 0 radical (unpaired) electrons. The van der Waals surface area contributed by atoms with Crippen LogP contribution < -0.4 is 14.5 Å². The normalized spacial score (nSPS) is 13.4. The Morgan fingerprint density at radius 3 is 2.06 bits per heavy atom. The van der Waals surface area contributed by atoms with Crippen LogP contribution in [0.4, 0.5) is 17.1 Å². The third kappa shape index (κ3) is 5.79. The quantitative estimate of drug-likeness (QED) is 0.165. The molecule has 7 heteroatoms. The van der Waals surface area contributed by atoms with Crippen molar-refractivity contribution >= 4 is 60.7 Å². The van der Waals surface area contributed by atoms with Crippen molar-refractivity contribution in [3.05, 3.63) is 133 Å². The number of para-hydroxylation sites is 2. The van der Waals surface area contributed by atoms with Crippen molar-refractivity contribution in [1.29, 1.82) is 0 Å². The molecule has 0 spiro atoms. The van der Waals surface area contributed by atoms with Crippen LogP contribution in [0, 0.1) is 18.8 Å². The molecule has 8 aromatic rings. The van der Waals surface area contributed by atoms with Crippen LogP contribution in [0.1, 0.15) is 52.7 Å². The number of aromatic nitrogens is 3. The molecule has 0 bridgehead atoms. The number of fused-ring (bicyclic) bond motifs is 7. The van der Waals surface area contributed by atoms with E-state index in [-0.39, 0.29) is 31.9 Å². The summed E-state index contributed by atoms with van der Waals surface area (Å²) in [4.78, 5) is 9.27. The predicted molar refractivity (Wildman–Crippen MR) is 215 cm³/mol. The molecular formula is C46H42N5OPt-3. The molecule has 0 fully saturated rings. The average molecular weight is 876 g/mol. The number of pyridine rings is 1. The van der Waals surface area contributed by atoms with Crippen LogP contribution in [0.25, 0.3) is 49.4 Å². The molecule has 1 aliphatic heterocycles. The molecule has 0 saturated carbocycles. The second kappa shape index (κ2) is 12.5. The molecule has 6 nitrogen and oxygen atoms in total. The first-order valence-corrected chi connectivity index (χ1v) is 17.9. The Labute approximate surface area is 325 Å². The van der Waals surface area contributed by atoms with Crippen LogP contribution in [0.5, 0.6) is 11.5 Å². The number of benzene rings is 5. The van der Waals surface area contributed by atoms with Gasteiger partial charge in [-0.1, -0.05) is 83.5 Å². The van der Waals surface area contributed by atoms with E-state index in [1.807, 2.05) is 12.3 Å². The first kappa shape index (κ1) is 35.0. The van der Waals surface area contributed by atoms with Crippen LogP contribution in [0.2, 0.25) is 0 Å². The zero-order valence-corrected chi connectivity index (χ0v) is 33.6. The van der Waals surface area contributed by atoms with Crippen molar-refractivity contribution in [3.63, 3.8) is 0 Å². The second-order valence-electron chi connectivity index (χ2n) is 16.1. The number of hydrogen-bond donors (Lipinski definition) is 0. The Hall–Kier alpha value is -5.06. The largest absolute Gasteiger partial charge is 0.509 e. The molecule has 0 saturated heterocycles. The van der Waals surface area contributed by atoms with Gasteiger partial charge in [0.25, 0.3) is 0 Å². The topological polar surface area (TPSA) is 38.5 Å². The van der Waals surface area contributed by atoms with Gasteiger partial charge in [0.2, 0.25) is 0 Å². The van der Waals surface area contributed by atoms with E-state index in [2.05, 4.69) is 184 Å². The first-order chi connectivity index (χ1) is 24.8. The summed E-state index contributed by atoms with van der Waals surface area (Å²) in [5.41, 5.74) is 9.87. The molecule has 270 valence electrons. The smallest absolute Gasteiger partial charge is 0.135 e. The number of hydrogen-bond acceptors (Lipinski definition) is 4. The molecule has 3 aromatic heterocycles. The van der Waals surface area contributed by atoms with Gasteiger partial charge in [0, 0.05) is 79.0 Å². The van der Waals surface area contributed by atoms with Crippen molar-refractivity contribution in [2.24, 2.45) is 7.05 Å². The Balaban J connectivity index is 0.00000400. The summed E-state index contributed by atoms with van der Waals surface area (Å²) in [5, 5.41) is 4.73. The van der Waals surface area contributed by atoms with Gasteiger partial charge in [-0.3, -0.25) is 0 Å². The van der Waals surface area contributed by atoms with Crippen LogP contribution in [0.15, 0.2) is 103 Å². The molecule has 9 rings (SSSR count). The monoisotopic (exact) mass is 875 g/mol. The van der Waals surface area contributed by atoms with Crippen molar-refractivity contribution in [3.8, 4) is 17.3 Å². The Morgan fingerprint density at radius 1 is 0.623 bits per heavy atom. The van der Waals surface area contributed by atoms with E-state index in [9.17, 15) is 0 Å². The van der Waals surface area contributed by atoms with E-state index in [4.69, 9.17) is 9.72 Å². The van der Waals surface area contributed by atoms with Gasteiger partial charge in [-0.05, 0) is 65.2 Å². The van der Waals surface area contributed by atoms with Gasteiger partial charge in [0.05, 0.1) is 5.52 Å². The van der Waals surface area contributed by atoms with Crippen molar-refractivity contribution in [1.82, 2.24) is 14.1 Å². The van der Waals surface area contributed by atoms with E-state index < -0.39 is 0 Å². The minimum Gasteiger partial charge on any atom is -0.509 e. The van der Waals surface area contributed by atoms with Crippen LogP contribution in [-0.4, -0.2) is 21.2 Å². The number of aryl methyl sites for hydroxylation is 1. The molecule has 53 heavy (non-hydrogen) atoms. The van der Waals surface area contributed by atoms with Crippen LogP contribution in [0.3, 0.4) is 0 Å². The number of ether oxygens (including phenoxy) is 1. The first-order valence-electron chi connectivity index (χ1n) is 17.9. The Kier molecular flexibility index (Phi) is 8.27. The van der Waals surface area contributed by atoms with Gasteiger partial charge in [-0.15, -0.1) is 47.0 Å². The Morgan fingerprint density at radius 2 is 1.32 bits per heavy atom. The molecule has 0 unspecified atom stereocenters. The van der Waals surface area contributed by atoms with Gasteiger partial charge in [-0.25, -0.2) is 4.98 Å². The number of anilines is 3.